The number of hydrogen-bond donors (Lipinski definition) is 2. The number of carbonyl (C=O) groups is 1. The van der Waals surface area contributed by atoms with Gasteiger partial charge in [-0.2, -0.15) is 0 Å². The second kappa shape index (κ2) is 5.59. The number of nitrogens with one attached hydrogen (secondary N) is 1. The number of aromatic nitrogens is 2. The first-order valence-electron chi connectivity index (χ1n) is 5.70. The number of rotatable bonds is 4. The van der Waals surface area contributed by atoms with Crippen LogP contribution in [0.25, 0.3) is 0 Å². The Morgan fingerprint density at radius 3 is 2.89 bits per heavy atom. The number of carbonyl (C=O) groups excluding carboxylic acids is 1. The van der Waals surface area contributed by atoms with E-state index in [9.17, 15) is 4.79 Å². The van der Waals surface area contributed by atoms with Crippen LogP contribution in [0, 0.1) is 5.92 Å². The molecule has 0 aliphatic heterocycles. The third-order valence-electron chi connectivity index (χ3n) is 2.81. The van der Waals surface area contributed by atoms with Gasteiger partial charge in [-0.25, -0.2) is 0 Å². The molecule has 1 aliphatic rings. The molecule has 6 nitrogen and oxygen atoms in total. The van der Waals surface area contributed by atoms with Crippen LogP contribution in [0.5, 0.6) is 5.88 Å². The third-order valence-corrected chi connectivity index (χ3v) is 2.81. The van der Waals surface area contributed by atoms with E-state index in [0.717, 1.165) is 0 Å². The molecule has 0 aromatic carbocycles. The summed E-state index contributed by atoms with van der Waals surface area (Å²) in [5.74, 6) is 0.211. The highest BCUT2D eigenvalue weighted by molar-refractivity contribution is 5.92. The number of aliphatic hydroxyl groups is 1. The van der Waals surface area contributed by atoms with E-state index in [0.29, 0.717) is 12.3 Å². The second-order valence-electron chi connectivity index (χ2n) is 4.10. The summed E-state index contributed by atoms with van der Waals surface area (Å²) in [4.78, 5) is 11.8. The molecule has 1 heterocycles. The lowest BCUT2D eigenvalue weighted by atomic mass is 10.1. The highest BCUT2D eigenvalue weighted by atomic mass is 16.5. The maximum atomic E-state index is 11.8. The van der Waals surface area contributed by atoms with Crippen molar-refractivity contribution in [2.75, 3.05) is 13.7 Å². The highest BCUT2D eigenvalue weighted by Crippen LogP contribution is 2.17. The number of amides is 1. The van der Waals surface area contributed by atoms with Gasteiger partial charge in [0.1, 0.15) is 0 Å². The molecule has 0 spiro atoms. The molecule has 0 saturated heterocycles. The molecular weight excluding hydrogens is 234 g/mol. The van der Waals surface area contributed by atoms with Gasteiger partial charge in [-0.3, -0.25) is 4.79 Å². The van der Waals surface area contributed by atoms with Gasteiger partial charge in [-0.15, -0.1) is 10.2 Å². The Kier molecular flexibility index (Phi) is 3.88. The fourth-order valence-corrected chi connectivity index (χ4v) is 1.81. The van der Waals surface area contributed by atoms with Crippen molar-refractivity contribution in [1.82, 2.24) is 15.5 Å². The van der Waals surface area contributed by atoms with Crippen LogP contribution < -0.4 is 10.1 Å². The Morgan fingerprint density at radius 2 is 2.33 bits per heavy atom. The minimum atomic E-state index is -0.279. The number of nitrogens with zero attached hydrogens (tertiary/aromatic N) is 2. The largest absolute Gasteiger partial charge is 0.480 e. The van der Waals surface area contributed by atoms with Crippen molar-refractivity contribution in [3.63, 3.8) is 0 Å². The molecule has 0 saturated carbocycles. The van der Waals surface area contributed by atoms with Crippen LogP contribution in [0.2, 0.25) is 0 Å². The highest BCUT2D eigenvalue weighted by Gasteiger charge is 2.20. The lowest BCUT2D eigenvalue weighted by Gasteiger charge is -2.12. The summed E-state index contributed by atoms with van der Waals surface area (Å²) in [5.41, 5.74) is 0.247. The van der Waals surface area contributed by atoms with Crippen LogP contribution in [0.15, 0.2) is 24.3 Å². The number of hydrogen-bond acceptors (Lipinski definition) is 5. The Balaban J connectivity index is 1.93. The molecule has 6 heteroatoms. The summed E-state index contributed by atoms with van der Waals surface area (Å²) >= 11 is 0. The van der Waals surface area contributed by atoms with Crippen LogP contribution in [-0.2, 0) is 0 Å². The van der Waals surface area contributed by atoms with Crippen molar-refractivity contribution in [1.29, 1.82) is 0 Å². The summed E-state index contributed by atoms with van der Waals surface area (Å²) < 4.78 is 4.87. The maximum Gasteiger partial charge on any atom is 0.272 e. The van der Waals surface area contributed by atoms with Crippen molar-refractivity contribution < 1.29 is 14.6 Å². The summed E-state index contributed by atoms with van der Waals surface area (Å²) in [5, 5.41) is 19.3. The molecule has 0 radical (unpaired) electrons. The molecule has 1 amide bonds. The van der Waals surface area contributed by atoms with E-state index in [-0.39, 0.29) is 30.2 Å². The average Bonchev–Trinajstić information content (AvgIpc) is 2.86. The fraction of sp³-hybridized carbons (Fsp3) is 0.417. The molecule has 96 valence electrons. The second-order valence-corrected chi connectivity index (χ2v) is 4.10. The molecule has 1 aromatic heterocycles. The first-order valence-corrected chi connectivity index (χ1v) is 5.70. The zero-order valence-corrected chi connectivity index (χ0v) is 10.0. The predicted molar refractivity (Wildman–Crippen MR) is 64.2 cm³/mol. The van der Waals surface area contributed by atoms with Gasteiger partial charge in [0.15, 0.2) is 5.69 Å². The van der Waals surface area contributed by atoms with E-state index in [1.54, 1.807) is 12.1 Å². The Labute approximate surface area is 105 Å². The topological polar surface area (TPSA) is 84.3 Å². The van der Waals surface area contributed by atoms with Crippen molar-refractivity contribution in [3.05, 3.63) is 30.0 Å². The van der Waals surface area contributed by atoms with Crippen LogP contribution in [0.1, 0.15) is 16.9 Å². The average molecular weight is 249 g/mol. The monoisotopic (exact) mass is 249 g/mol. The van der Waals surface area contributed by atoms with Gasteiger partial charge in [-0.1, -0.05) is 12.2 Å². The van der Waals surface area contributed by atoms with Crippen molar-refractivity contribution in [2.45, 2.75) is 12.5 Å². The predicted octanol–water partition coefficient (Wildman–Crippen LogP) is 0.152. The van der Waals surface area contributed by atoms with Crippen LogP contribution in [0.4, 0.5) is 0 Å². The molecule has 2 N–H and O–H groups in total. The molecule has 0 unspecified atom stereocenters. The van der Waals surface area contributed by atoms with Crippen LogP contribution in [-0.4, -0.2) is 41.0 Å². The minimum Gasteiger partial charge on any atom is -0.480 e. The van der Waals surface area contributed by atoms with E-state index >= 15 is 0 Å². The Bertz CT molecular complexity index is 444. The number of methoxy groups -OCH3 is 1. The Morgan fingerprint density at radius 1 is 1.50 bits per heavy atom. The van der Waals surface area contributed by atoms with Gasteiger partial charge in [0.25, 0.3) is 5.91 Å². The molecule has 18 heavy (non-hydrogen) atoms. The molecular formula is C12H15N3O3. The fourth-order valence-electron chi connectivity index (χ4n) is 1.81. The number of aliphatic hydroxyl groups excluding tert-OH is 1. The first-order chi connectivity index (χ1) is 8.72. The summed E-state index contributed by atoms with van der Waals surface area (Å²) in [6.07, 6.45) is 4.51. The SMILES string of the molecule is COc1ccc(C(=O)N[C@@H]2C=C[C@H](CO)C2)nn1. The van der Waals surface area contributed by atoms with Crippen LogP contribution in [0.3, 0.4) is 0 Å². The van der Waals surface area contributed by atoms with Gasteiger partial charge in [0.2, 0.25) is 5.88 Å². The third kappa shape index (κ3) is 2.84. The summed E-state index contributed by atoms with van der Waals surface area (Å²) in [6, 6.07) is 3.09. The zero-order chi connectivity index (χ0) is 13.0. The summed E-state index contributed by atoms with van der Waals surface area (Å²) in [6.45, 7) is 0.102. The van der Waals surface area contributed by atoms with Crippen LogP contribution >= 0.6 is 0 Å². The summed E-state index contributed by atoms with van der Waals surface area (Å²) in [7, 11) is 1.49. The maximum absolute atomic E-state index is 11.8. The van der Waals surface area contributed by atoms with Gasteiger partial charge in [0.05, 0.1) is 7.11 Å². The van der Waals surface area contributed by atoms with E-state index < -0.39 is 0 Å². The first kappa shape index (κ1) is 12.5. The normalized spacial score (nSPS) is 21.9. The molecule has 1 aliphatic carbocycles. The van der Waals surface area contributed by atoms with E-state index in [2.05, 4.69) is 15.5 Å². The molecule has 1 aromatic rings. The molecule has 0 bridgehead atoms. The van der Waals surface area contributed by atoms with Gasteiger partial charge in [-0.05, 0) is 12.5 Å². The van der Waals surface area contributed by atoms with Gasteiger partial charge < -0.3 is 15.2 Å². The standard InChI is InChI=1S/C12H15N3O3/c1-18-11-5-4-10(14-15-11)12(17)13-9-3-2-8(6-9)7-16/h2-5,8-9,16H,6-7H2,1H3,(H,13,17)/t8-,9+/m0/s1. The lowest BCUT2D eigenvalue weighted by molar-refractivity contribution is 0.0935. The van der Waals surface area contributed by atoms with Crippen molar-refractivity contribution >= 4 is 5.91 Å². The molecule has 0 fully saturated rings. The van der Waals surface area contributed by atoms with Gasteiger partial charge in [0, 0.05) is 24.6 Å². The molecule has 2 rings (SSSR count). The van der Waals surface area contributed by atoms with Crippen molar-refractivity contribution in [3.8, 4) is 5.88 Å². The minimum absolute atomic E-state index is 0.0569. The molecule has 2 atom stereocenters. The quantitative estimate of drug-likeness (QED) is 0.742. The van der Waals surface area contributed by atoms with E-state index in [1.807, 2.05) is 12.2 Å². The van der Waals surface area contributed by atoms with E-state index in [1.165, 1.54) is 7.11 Å². The van der Waals surface area contributed by atoms with Gasteiger partial charge >= 0.3 is 0 Å². The Hall–Kier alpha value is -1.95. The van der Waals surface area contributed by atoms with E-state index in [4.69, 9.17) is 9.84 Å². The lowest BCUT2D eigenvalue weighted by Crippen LogP contribution is -2.33. The number of ether oxygens (including phenoxy) is 1. The smallest absolute Gasteiger partial charge is 0.272 e. The van der Waals surface area contributed by atoms with Crippen molar-refractivity contribution in [2.24, 2.45) is 5.92 Å². The zero-order valence-electron chi connectivity index (χ0n) is 10.0.